The van der Waals surface area contributed by atoms with E-state index >= 15 is 0 Å². The Morgan fingerprint density at radius 2 is 2.00 bits per heavy atom. The quantitative estimate of drug-likeness (QED) is 0.780. The van der Waals surface area contributed by atoms with Crippen LogP contribution in [0.4, 0.5) is 13.2 Å². The number of Topliss-reactive ketones (excluding diaryl/α,β-unsaturated/α-hetero) is 1. The van der Waals surface area contributed by atoms with E-state index in [1.165, 1.54) is 0 Å². The summed E-state index contributed by atoms with van der Waals surface area (Å²) in [6, 6.07) is 7.27. The molecule has 0 radical (unpaired) electrons. The molecule has 0 N–H and O–H groups in total. The maximum Gasteiger partial charge on any atom is 0.389 e. The molecule has 2 nitrogen and oxygen atoms in total. The second-order valence-electron chi connectivity index (χ2n) is 4.07. The molecular weight excluding hydrogens is 245 g/mol. The lowest BCUT2D eigenvalue weighted by Crippen LogP contribution is -2.12. The Kier molecular flexibility index (Phi) is 5.19. The van der Waals surface area contributed by atoms with Crippen LogP contribution in [0.15, 0.2) is 24.3 Å². The monoisotopic (exact) mass is 260 g/mol. The van der Waals surface area contributed by atoms with Gasteiger partial charge in [-0.2, -0.15) is 13.2 Å². The highest BCUT2D eigenvalue weighted by Gasteiger charge is 2.27. The predicted octanol–water partition coefficient (Wildman–Crippen LogP) is 3.68. The maximum absolute atomic E-state index is 11.9. The van der Waals surface area contributed by atoms with Crippen LogP contribution in [-0.4, -0.2) is 18.6 Å². The zero-order chi connectivity index (χ0) is 13.6. The second-order valence-corrected chi connectivity index (χ2v) is 4.07. The minimum atomic E-state index is -4.27. The molecule has 0 aliphatic heterocycles. The molecule has 0 aliphatic rings. The zero-order valence-corrected chi connectivity index (χ0v) is 10.1. The van der Waals surface area contributed by atoms with Crippen molar-refractivity contribution in [3.8, 4) is 5.75 Å². The molecule has 0 saturated heterocycles. The van der Waals surface area contributed by atoms with Gasteiger partial charge in [0.1, 0.15) is 11.5 Å². The fourth-order valence-electron chi connectivity index (χ4n) is 1.39. The van der Waals surface area contributed by atoms with Crippen molar-refractivity contribution in [1.82, 2.24) is 0 Å². The lowest BCUT2D eigenvalue weighted by Gasteiger charge is -2.07. The van der Waals surface area contributed by atoms with Crippen molar-refractivity contribution in [2.75, 3.05) is 6.61 Å². The fourth-order valence-corrected chi connectivity index (χ4v) is 1.39. The van der Waals surface area contributed by atoms with E-state index in [1.807, 2.05) is 19.1 Å². The van der Waals surface area contributed by atoms with Gasteiger partial charge < -0.3 is 4.74 Å². The predicted molar refractivity (Wildman–Crippen MR) is 61.6 cm³/mol. The number of alkyl halides is 3. The summed E-state index contributed by atoms with van der Waals surface area (Å²) in [5, 5.41) is 0. The molecule has 0 atom stereocenters. The number of hydrogen-bond acceptors (Lipinski definition) is 2. The van der Waals surface area contributed by atoms with Crippen LogP contribution in [0.5, 0.6) is 5.75 Å². The lowest BCUT2D eigenvalue weighted by molar-refractivity contribution is -0.143. The molecule has 0 aliphatic carbocycles. The van der Waals surface area contributed by atoms with Gasteiger partial charge in [0.2, 0.25) is 0 Å². The van der Waals surface area contributed by atoms with Crippen molar-refractivity contribution < 1.29 is 22.7 Å². The van der Waals surface area contributed by atoms with E-state index in [2.05, 4.69) is 0 Å². The van der Waals surface area contributed by atoms with Gasteiger partial charge in [-0.3, -0.25) is 4.79 Å². The molecule has 18 heavy (non-hydrogen) atoms. The van der Waals surface area contributed by atoms with E-state index in [0.717, 1.165) is 5.56 Å². The molecule has 0 saturated carbocycles. The largest absolute Gasteiger partial charge is 0.493 e. The van der Waals surface area contributed by atoms with Gasteiger partial charge in [-0.15, -0.1) is 0 Å². The summed E-state index contributed by atoms with van der Waals surface area (Å²) in [7, 11) is 0. The minimum absolute atomic E-state index is 0.00399. The summed E-state index contributed by atoms with van der Waals surface area (Å²) >= 11 is 0. The van der Waals surface area contributed by atoms with Gasteiger partial charge in [-0.25, -0.2) is 0 Å². The molecule has 1 rings (SSSR count). The van der Waals surface area contributed by atoms with Crippen molar-refractivity contribution >= 4 is 5.78 Å². The number of hydrogen-bond donors (Lipinski definition) is 0. The Labute approximate surface area is 104 Å². The van der Waals surface area contributed by atoms with E-state index in [1.54, 1.807) is 12.1 Å². The Morgan fingerprint density at radius 1 is 1.28 bits per heavy atom. The third-order valence-electron chi connectivity index (χ3n) is 2.33. The average Bonchev–Trinajstić information content (AvgIpc) is 2.25. The van der Waals surface area contributed by atoms with Gasteiger partial charge >= 0.3 is 6.18 Å². The summed E-state index contributed by atoms with van der Waals surface area (Å²) in [4.78, 5) is 11.2. The van der Waals surface area contributed by atoms with Crippen molar-refractivity contribution in [1.29, 1.82) is 0 Å². The maximum atomic E-state index is 11.9. The van der Waals surface area contributed by atoms with Gasteiger partial charge in [0.15, 0.2) is 0 Å². The van der Waals surface area contributed by atoms with E-state index in [4.69, 9.17) is 4.74 Å². The number of carbonyl (C=O) groups is 1. The number of rotatable bonds is 6. The lowest BCUT2D eigenvalue weighted by atomic mass is 10.2. The van der Waals surface area contributed by atoms with Gasteiger partial charge in [0, 0.05) is 12.8 Å². The van der Waals surface area contributed by atoms with Crippen molar-refractivity contribution in [3.63, 3.8) is 0 Å². The van der Waals surface area contributed by atoms with E-state index in [9.17, 15) is 18.0 Å². The summed E-state index contributed by atoms with van der Waals surface area (Å²) in [6.07, 6.45) is -5.80. The molecule has 1 aromatic rings. The standard InChI is InChI=1S/C13H15F3O2/c1-10-3-2-4-12(9-10)18-8-6-11(17)5-7-13(14,15)16/h2-4,9H,5-8H2,1H3. The molecular formula is C13H15F3O2. The van der Waals surface area contributed by atoms with Crippen LogP contribution in [-0.2, 0) is 4.79 Å². The fraction of sp³-hybridized carbons (Fsp3) is 0.462. The Morgan fingerprint density at radius 3 is 2.61 bits per heavy atom. The molecule has 0 bridgehead atoms. The molecule has 0 aromatic heterocycles. The number of carbonyl (C=O) groups excluding carboxylic acids is 1. The molecule has 1 aromatic carbocycles. The van der Waals surface area contributed by atoms with Gasteiger partial charge in [0.05, 0.1) is 13.0 Å². The highest BCUT2D eigenvalue weighted by atomic mass is 19.4. The smallest absolute Gasteiger partial charge is 0.389 e. The molecule has 100 valence electrons. The summed E-state index contributed by atoms with van der Waals surface area (Å²) in [5.74, 6) is 0.193. The number of ether oxygens (including phenoxy) is 1. The van der Waals surface area contributed by atoms with Gasteiger partial charge in [-0.05, 0) is 24.6 Å². The van der Waals surface area contributed by atoms with Crippen molar-refractivity contribution in [2.24, 2.45) is 0 Å². The summed E-state index contributed by atoms with van der Waals surface area (Å²) in [6.45, 7) is 2.02. The zero-order valence-electron chi connectivity index (χ0n) is 10.1. The number of halogens is 3. The van der Waals surface area contributed by atoms with E-state index in [0.29, 0.717) is 5.75 Å². The van der Waals surface area contributed by atoms with Crippen LogP contribution < -0.4 is 4.74 Å². The molecule has 0 amide bonds. The highest BCUT2D eigenvalue weighted by molar-refractivity contribution is 5.78. The summed E-state index contributed by atoms with van der Waals surface area (Å²) < 4.78 is 40.9. The molecule has 0 heterocycles. The minimum Gasteiger partial charge on any atom is -0.493 e. The van der Waals surface area contributed by atoms with E-state index < -0.39 is 24.8 Å². The van der Waals surface area contributed by atoms with Crippen LogP contribution in [0.3, 0.4) is 0 Å². The van der Waals surface area contributed by atoms with Crippen LogP contribution >= 0.6 is 0 Å². The van der Waals surface area contributed by atoms with Crippen LogP contribution in [0.1, 0.15) is 24.8 Å². The first-order chi connectivity index (χ1) is 8.37. The third-order valence-corrected chi connectivity index (χ3v) is 2.33. The molecule has 5 heteroatoms. The van der Waals surface area contributed by atoms with Crippen molar-refractivity contribution in [2.45, 2.75) is 32.4 Å². The topological polar surface area (TPSA) is 26.3 Å². The first-order valence-electron chi connectivity index (χ1n) is 5.65. The first-order valence-corrected chi connectivity index (χ1v) is 5.65. The van der Waals surface area contributed by atoms with Gasteiger partial charge in [-0.1, -0.05) is 12.1 Å². The average molecular weight is 260 g/mol. The third kappa shape index (κ3) is 6.27. The molecule has 0 unspecified atom stereocenters. The Hall–Kier alpha value is -1.52. The number of ketones is 1. The first kappa shape index (κ1) is 14.5. The Bertz CT molecular complexity index is 399. The highest BCUT2D eigenvalue weighted by Crippen LogP contribution is 2.21. The second kappa shape index (κ2) is 6.42. The van der Waals surface area contributed by atoms with Crippen LogP contribution in [0.25, 0.3) is 0 Å². The molecule has 0 fully saturated rings. The SMILES string of the molecule is Cc1cccc(OCCC(=O)CCC(F)(F)F)c1. The number of benzene rings is 1. The normalized spacial score (nSPS) is 11.3. The molecule has 0 spiro atoms. The Balaban J connectivity index is 2.23. The van der Waals surface area contributed by atoms with E-state index in [-0.39, 0.29) is 13.0 Å². The van der Waals surface area contributed by atoms with Crippen LogP contribution in [0.2, 0.25) is 0 Å². The van der Waals surface area contributed by atoms with Crippen molar-refractivity contribution in [3.05, 3.63) is 29.8 Å². The van der Waals surface area contributed by atoms with Gasteiger partial charge in [0.25, 0.3) is 0 Å². The van der Waals surface area contributed by atoms with Crippen LogP contribution in [0, 0.1) is 6.92 Å². The summed E-state index contributed by atoms with van der Waals surface area (Å²) in [5.41, 5.74) is 1.02. The number of aryl methyl sites for hydroxylation is 1.